The maximum Gasteiger partial charge on any atom is 0.430 e. The fourth-order valence-electron chi connectivity index (χ4n) is 2.35. The Hall–Kier alpha value is -2.92. The van der Waals surface area contributed by atoms with E-state index in [1.54, 1.807) is 13.0 Å². The molecule has 164 valence electrons. The maximum absolute atomic E-state index is 13.0. The fourth-order valence-corrected chi connectivity index (χ4v) is 3.09. The van der Waals surface area contributed by atoms with Crippen molar-refractivity contribution < 1.29 is 22.8 Å². The molecule has 2 rings (SSSR count). The standard InChI is InChI=1S/C19H16BrClF3N5O2/c1-9-6-10(20)7-11(17(30)26-2)15(9)29-18(31)13(8-14(25)19(22,23)24)28-16-12(21)4-3-5-27-16/h3-8H,25H2,1-2H3,(H,26,30)(H,29,31). The van der Waals surface area contributed by atoms with E-state index in [1.165, 1.54) is 31.4 Å². The van der Waals surface area contributed by atoms with Crippen LogP contribution in [0.1, 0.15) is 15.9 Å². The van der Waals surface area contributed by atoms with Crippen LogP contribution >= 0.6 is 27.5 Å². The third-order valence-electron chi connectivity index (χ3n) is 3.83. The van der Waals surface area contributed by atoms with E-state index in [0.717, 1.165) is 0 Å². The van der Waals surface area contributed by atoms with Gasteiger partial charge < -0.3 is 16.4 Å². The van der Waals surface area contributed by atoms with Gasteiger partial charge in [0.1, 0.15) is 11.4 Å². The lowest BCUT2D eigenvalue weighted by Gasteiger charge is -2.15. The lowest BCUT2D eigenvalue weighted by molar-refractivity contribution is -0.110. The third-order valence-corrected chi connectivity index (χ3v) is 4.58. The highest BCUT2D eigenvalue weighted by Crippen LogP contribution is 2.27. The Morgan fingerprint density at radius 1 is 1.32 bits per heavy atom. The molecule has 4 N–H and O–H groups in total. The zero-order valence-electron chi connectivity index (χ0n) is 16.1. The van der Waals surface area contributed by atoms with Gasteiger partial charge in [0.05, 0.1) is 16.3 Å². The number of carbonyl (C=O) groups excluding carboxylic acids is 2. The molecule has 0 aliphatic rings. The van der Waals surface area contributed by atoms with Crippen LogP contribution in [-0.2, 0) is 4.79 Å². The minimum atomic E-state index is -4.89. The Labute approximate surface area is 188 Å². The van der Waals surface area contributed by atoms with E-state index in [1.807, 2.05) is 0 Å². The molecule has 0 aliphatic carbocycles. The van der Waals surface area contributed by atoms with Gasteiger partial charge in [-0.2, -0.15) is 13.2 Å². The summed E-state index contributed by atoms with van der Waals surface area (Å²) in [6.45, 7) is 1.61. The molecule has 2 amide bonds. The number of aliphatic imine (C=N–C) groups is 1. The van der Waals surface area contributed by atoms with Crippen molar-refractivity contribution in [3.8, 4) is 0 Å². The van der Waals surface area contributed by atoms with E-state index in [0.29, 0.717) is 16.1 Å². The van der Waals surface area contributed by atoms with Crippen LogP contribution in [0.5, 0.6) is 0 Å². The van der Waals surface area contributed by atoms with Gasteiger partial charge in [-0.1, -0.05) is 27.5 Å². The average Bonchev–Trinajstić information content (AvgIpc) is 2.69. The molecular weight excluding hydrogens is 503 g/mol. The van der Waals surface area contributed by atoms with E-state index in [2.05, 4.69) is 36.5 Å². The first kappa shape index (κ1) is 24.4. The molecule has 0 radical (unpaired) electrons. The molecule has 31 heavy (non-hydrogen) atoms. The maximum atomic E-state index is 13.0. The first-order chi connectivity index (χ1) is 14.4. The number of nitrogens with one attached hydrogen (secondary N) is 2. The lowest BCUT2D eigenvalue weighted by atomic mass is 10.1. The summed E-state index contributed by atoms with van der Waals surface area (Å²) >= 11 is 9.21. The second-order valence-electron chi connectivity index (χ2n) is 6.08. The Morgan fingerprint density at radius 3 is 2.58 bits per heavy atom. The summed E-state index contributed by atoms with van der Waals surface area (Å²) in [4.78, 5) is 32.8. The highest BCUT2D eigenvalue weighted by Gasteiger charge is 2.32. The second-order valence-corrected chi connectivity index (χ2v) is 7.40. The zero-order chi connectivity index (χ0) is 23.3. The zero-order valence-corrected chi connectivity index (χ0v) is 18.5. The van der Waals surface area contributed by atoms with E-state index < -0.39 is 29.4 Å². The number of halogens is 5. The number of anilines is 1. The molecule has 1 aromatic carbocycles. The molecule has 0 bridgehead atoms. The van der Waals surface area contributed by atoms with Crippen molar-refractivity contribution in [2.45, 2.75) is 13.1 Å². The molecule has 1 heterocycles. The van der Waals surface area contributed by atoms with Gasteiger partial charge in [0.2, 0.25) is 0 Å². The number of benzene rings is 1. The van der Waals surface area contributed by atoms with Crippen molar-refractivity contribution in [1.29, 1.82) is 0 Å². The van der Waals surface area contributed by atoms with Crippen LogP contribution in [0.3, 0.4) is 0 Å². The second kappa shape index (κ2) is 9.92. The minimum Gasteiger partial charge on any atom is -0.395 e. The topological polar surface area (TPSA) is 109 Å². The number of carbonyl (C=O) groups is 2. The summed E-state index contributed by atoms with van der Waals surface area (Å²) in [6, 6.07) is 5.96. The molecule has 0 fully saturated rings. The van der Waals surface area contributed by atoms with Crippen molar-refractivity contribution in [1.82, 2.24) is 10.3 Å². The van der Waals surface area contributed by atoms with E-state index in [4.69, 9.17) is 17.3 Å². The van der Waals surface area contributed by atoms with Crippen LogP contribution in [0.2, 0.25) is 5.02 Å². The van der Waals surface area contributed by atoms with Crippen LogP contribution in [0.25, 0.3) is 0 Å². The summed E-state index contributed by atoms with van der Waals surface area (Å²) in [5, 5.41) is 4.87. The van der Waals surface area contributed by atoms with Crippen LogP contribution in [-0.4, -0.2) is 35.7 Å². The molecular formula is C19H16BrClF3N5O2. The summed E-state index contributed by atoms with van der Waals surface area (Å²) < 4.78 is 39.5. The molecule has 2 aromatic rings. The van der Waals surface area contributed by atoms with Gasteiger partial charge in [-0.15, -0.1) is 0 Å². The number of rotatable bonds is 5. The van der Waals surface area contributed by atoms with Gasteiger partial charge in [0.15, 0.2) is 5.82 Å². The number of nitrogens with zero attached hydrogens (tertiary/aromatic N) is 2. The first-order valence-corrected chi connectivity index (χ1v) is 9.68. The number of aromatic nitrogens is 1. The smallest absolute Gasteiger partial charge is 0.395 e. The normalized spacial score (nSPS) is 12.5. The summed E-state index contributed by atoms with van der Waals surface area (Å²) in [6.07, 6.45) is -3.22. The van der Waals surface area contributed by atoms with Crippen LogP contribution in [0, 0.1) is 6.92 Å². The van der Waals surface area contributed by atoms with Crippen LogP contribution in [0.15, 0.2) is 51.7 Å². The Balaban J connectivity index is 2.58. The highest BCUT2D eigenvalue weighted by molar-refractivity contribution is 9.10. The molecule has 7 nitrogen and oxygen atoms in total. The molecule has 12 heteroatoms. The average molecular weight is 519 g/mol. The number of hydrogen-bond acceptors (Lipinski definition) is 5. The van der Waals surface area contributed by atoms with Crippen LogP contribution in [0.4, 0.5) is 24.7 Å². The highest BCUT2D eigenvalue weighted by atomic mass is 79.9. The summed E-state index contributed by atoms with van der Waals surface area (Å²) in [5.41, 5.74) is 3.47. The number of aryl methyl sites for hydroxylation is 1. The predicted octanol–water partition coefficient (Wildman–Crippen LogP) is 4.28. The van der Waals surface area contributed by atoms with Crippen molar-refractivity contribution in [2.75, 3.05) is 12.4 Å². The predicted molar refractivity (Wildman–Crippen MR) is 116 cm³/mol. The number of amides is 2. The number of hydrogen-bond donors (Lipinski definition) is 3. The Bertz CT molecular complexity index is 1090. The monoisotopic (exact) mass is 517 g/mol. The van der Waals surface area contributed by atoms with Gasteiger partial charge in [-0.25, -0.2) is 9.98 Å². The molecule has 0 unspecified atom stereocenters. The number of pyridine rings is 1. The summed E-state index contributed by atoms with van der Waals surface area (Å²) in [7, 11) is 1.40. The quantitative estimate of drug-likeness (QED) is 0.513. The number of allylic oxidation sites excluding steroid dienone is 1. The van der Waals surface area contributed by atoms with E-state index in [9.17, 15) is 22.8 Å². The number of nitrogens with two attached hydrogens (primary N) is 1. The lowest BCUT2D eigenvalue weighted by Crippen LogP contribution is -2.28. The van der Waals surface area contributed by atoms with Gasteiger partial charge >= 0.3 is 6.18 Å². The molecule has 0 saturated carbocycles. The molecule has 0 spiro atoms. The Kier molecular flexibility index (Phi) is 7.80. The van der Waals surface area contributed by atoms with Crippen molar-refractivity contribution in [3.05, 3.63) is 62.9 Å². The van der Waals surface area contributed by atoms with Gasteiger partial charge in [-0.3, -0.25) is 9.59 Å². The summed E-state index contributed by atoms with van der Waals surface area (Å²) in [5.74, 6) is -1.75. The van der Waals surface area contributed by atoms with E-state index >= 15 is 0 Å². The molecule has 1 aromatic heterocycles. The van der Waals surface area contributed by atoms with Crippen molar-refractivity contribution in [2.24, 2.45) is 10.7 Å². The van der Waals surface area contributed by atoms with Gasteiger partial charge in [0.25, 0.3) is 11.8 Å². The first-order valence-electron chi connectivity index (χ1n) is 8.51. The molecule has 0 aliphatic heterocycles. The SMILES string of the molecule is CNC(=O)c1cc(Br)cc(C)c1NC(=O)C(C=C(N)C(F)(F)F)=Nc1ncccc1Cl. The third kappa shape index (κ3) is 6.28. The van der Waals surface area contributed by atoms with Crippen molar-refractivity contribution >= 4 is 56.6 Å². The van der Waals surface area contributed by atoms with Crippen LogP contribution < -0.4 is 16.4 Å². The number of alkyl halides is 3. The van der Waals surface area contributed by atoms with Gasteiger partial charge in [0, 0.05) is 17.7 Å². The fraction of sp³-hybridized carbons (Fsp3) is 0.158. The van der Waals surface area contributed by atoms with Crippen molar-refractivity contribution in [3.63, 3.8) is 0 Å². The molecule has 0 atom stereocenters. The minimum absolute atomic E-state index is 0.0117. The molecule has 0 saturated heterocycles. The van der Waals surface area contributed by atoms with Gasteiger partial charge in [-0.05, 0) is 42.8 Å². The largest absolute Gasteiger partial charge is 0.430 e. The van der Waals surface area contributed by atoms with E-state index in [-0.39, 0.29) is 22.1 Å². The Morgan fingerprint density at radius 2 is 2.00 bits per heavy atom.